The minimum atomic E-state index is -0.315. The second kappa shape index (κ2) is 5.97. The van der Waals surface area contributed by atoms with Crippen LogP contribution >= 0.6 is 11.3 Å². The van der Waals surface area contributed by atoms with Crippen LogP contribution in [0.1, 0.15) is 5.01 Å². The standard InChI is InChI=1S/C16H10F2N4OS/c17-11-3-1-10(2-4-11)15-19-20-16-22(15)21-14(24-16)9-23-13-7-5-12(18)6-8-13/h1-8H,9H2. The van der Waals surface area contributed by atoms with Crippen LogP contribution < -0.4 is 4.74 Å². The third kappa shape index (κ3) is 2.83. The van der Waals surface area contributed by atoms with Gasteiger partial charge in [-0.15, -0.1) is 10.2 Å². The van der Waals surface area contributed by atoms with Gasteiger partial charge in [-0.2, -0.15) is 9.61 Å². The van der Waals surface area contributed by atoms with Crippen molar-refractivity contribution in [2.45, 2.75) is 6.61 Å². The number of halogens is 2. The maximum Gasteiger partial charge on any atom is 0.235 e. The van der Waals surface area contributed by atoms with E-state index in [0.717, 1.165) is 5.56 Å². The number of hydrogen-bond donors (Lipinski definition) is 0. The molecule has 2 heterocycles. The van der Waals surface area contributed by atoms with Crippen LogP contribution in [-0.4, -0.2) is 19.8 Å². The highest BCUT2D eigenvalue weighted by atomic mass is 32.1. The SMILES string of the molecule is Fc1ccc(OCc2nn3c(-c4ccc(F)cc4)nnc3s2)cc1. The molecule has 0 N–H and O–H groups in total. The molecular weight excluding hydrogens is 334 g/mol. The Morgan fingerprint density at radius 1 is 0.917 bits per heavy atom. The van der Waals surface area contributed by atoms with Gasteiger partial charge in [0.1, 0.15) is 24.0 Å². The number of ether oxygens (including phenoxy) is 1. The minimum absolute atomic E-state index is 0.239. The van der Waals surface area contributed by atoms with E-state index in [4.69, 9.17) is 4.74 Å². The van der Waals surface area contributed by atoms with E-state index >= 15 is 0 Å². The molecule has 0 aliphatic heterocycles. The summed E-state index contributed by atoms with van der Waals surface area (Å²) in [6, 6.07) is 11.8. The molecule has 5 nitrogen and oxygen atoms in total. The Morgan fingerprint density at radius 2 is 1.58 bits per heavy atom. The predicted molar refractivity (Wildman–Crippen MR) is 84.8 cm³/mol. The molecular formula is C16H10F2N4OS. The molecule has 0 fully saturated rings. The van der Waals surface area contributed by atoms with Gasteiger partial charge in [0.2, 0.25) is 4.96 Å². The van der Waals surface area contributed by atoms with Crippen LogP contribution in [0.25, 0.3) is 16.3 Å². The lowest BCUT2D eigenvalue weighted by Crippen LogP contribution is -1.97. The number of rotatable bonds is 4. The molecule has 0 atom stereocenters. The second-order valence-corrected chi connectivity index (χ2v) is 6.00. The third-order valence-electron chi connectivity index (χ3n) is 3.31. The lowest BCUT2D eigenvalue weighted by molar-refractivity contribution is 0.303. The van der Waals surface area contributed by atoms with Gasteiger partial charge in [0, 0.05) is 5.56 Å². The molecule has 0 saturated carbocycles. The third-order valence-corrected chi connectivity index (χ3v) is 4.18. The number of fused-ring (bicyclic) bond motifs is 1. The van der Waals surface area contributed by atoms with Gasteiger partial charge in [-0.3, -0.25) is 0 Å². The van der Waals surface area contributed by atoms with Crippen LogP contribution in [0.3, 0.4) is 0 Å². The number of nitrogens with zero attached hydrogens (tertiary/aromatic N) is 4. The van der Waals surface area contributed by atoms with E-state index in [2.05, 4.69) is 15.3 Å². The largest absolute Gasteiger partial charge is 0.486 e. The maximum atomic E-state index is 13.0. The maximum absolute atomic E-state index is 13.0. The Bertz CT molecular complexity index is 980. The van der Waals surface area contributed by atoms with Crippen LogP contribution in [0.2, 0.25) is 0 Å². The van der Waals surface area contributed by atoms with E-state index < -0.39 is 0 Å². The first-order valence-electron chi connectivity index (χ1n) is 7.04. The van der Waals surface area contributed by atoms with Gasteiger partial charge in [-0.05, 0) is 48.5 Å². The fraction of sp³-hybridized carbons (Fsp3) is 0.0625. The van der Waals surface area contributed by atoms with Crippen molar-refractivity contribution in [1.29, 1.82) is 0 Å². The molecule has 0 saturated heterocycles. The second-order valence-electron chi connectivity index (χ2n) is 4.96. The molecule has 120 valence electrons. The molecule has 0 aliphatic rings. The van der Waals surface area contributed by atoms with Gasteiger partial charge in [0.25, 0.3) is 0 Å². The van der Waals surface area contributed by atoms with Gasteiger partial charge in [0.05, 0.1) is 0 Å². The van der Waals surface area contributed by atoms with E-state index in [-0.39, 0.29) is 18.2 Å². The monoisotopic (exact) mass is 344 g/mol. The molecule has 0 aliphatic carbocycles. The van der Waals surface area contributed by atoms with Crippen molar-refractivity contribution >= 4 is 16.3 Å². The average Bonchev–Trinajstić information content (AvgIpc) is 3.15. The summed E-state index contributed by atoms with van der Waals surface area (Å²) in [4.78, 5) is 0.618. The van der Waals surface area contributed by atoms with Gasteiger partial charge in [0.15, 0.2) is 10.8 Å². The van der Waals surface area contributed by atoms with Crippen LogP contribution in [0, 0.1) is 11.6 Å². The predicted octanol–water partition coefficient (Wildman–Crippen LogP) is 3.71. The summed E-state index contributed by atoms with van der Waals surface area (Å²) in [6.45, 7) is 0.239. The zero-order valence-corrected chi connectivity index (χ0v) is 13.0. The van der Waals surface area contributed by atoms with Gasteiger partial charge in [-0.25, -0.2) is 8.78 Å². The highest BCUT2D eigenvalue weighted by Crippen LogP contribution is 2.23. The van der Waals surface area contributed by atoms with Crippen molar-refractivity contribution in [2.24, 2.45) is 0 Å². The molecule has 0 spiro atoms. The van der Waals surface area contributed by atoms with E-state index in [1.807, 2.05) is 0 Å². The van der Waals surface area contributed by atoms with Crippen molar-refractivity contribution in [2.75, 3.05) is 0 Å². The molecule has 8 heteroatoms. The van der Waals surface area contributed by atoms with Crippen LogP contribution in [0.4, 0.5) is 8.78 Å². The molecule has 0 bridgehead atoms. The number of hydrogen-bond acceptors (Lipinski definition) is 5. The smallest absolute Gasteiger partial charge is 0.235 e. The Labute approximate surface area is 139 Å². The molecule has 4 rings (SSSR count). The first-order chi connectivity index (χ1) is 11.7. The van der Waals surface area contributed by atoms with Gasteiger partial charge >= 0.3 is 0 Å². The van der Waals surface area contributed by atoms with E-state index in [0.29, 0.717) is 21.5 Å². The molecule has 4 aromatic rings. The zero-order valence-electron chi connectivity index (χ0n) is 12.2. The lowest BCUT2D eigenvalue weighted by Gasteiger charge is -2.02. The summed E-state index contributed by atoms with van der Waals surface area (Å²) in [6.07, 6.45) is 0. The Kier molecular flexibility index (Phi) is 3.66. The van der Waals surface area contributed by atoms with E-state index in [9.17, 15) is 8.78 Å². The van der Waals surface area contributed by atoms with Crippen LogP contribution in [-0.2, 0) is 6.61 Å². The van der Waals surface area contributed by atoms with E-state index in [1.54, 1.807) is 28.8 Å². The highest BCUT2D eigenvalue weighted by molar-refractivity contribution is 7.16. The quantitative estimate of drug-likeness (QED) is 0.566. The molecule has 24 heavy (non-hydrogen) atoms. The first kappa shape index (κ1) is 14.7. The van der Waals surface area contributed by atoms with Gasteiger partial charge < -0.3 is 4.74 Å². The lowest BCUT2D eigenvalue weighted by atomic mass is 10.2. The summed E-state index contributed by atoms with van der Waals surface area (Å²) in [5.74, 6) is 0.465. The van der Waals surface area contributed by atoms with E-state index in [1.165, 1.54) is 35.6 Å². The topological polar surface area (TPSA) is 52.3 Å². The summed E-state index contributed by atoms with van der Waals surface area (Å²) in [5.41, 5.74) is 0.722. The van der Waals surface area contributed by atoms with Crippen molar-refractivity contribution in [3.05, 3.63) is 65.2 Å². The minimum Gasteiger partial charge on any atom is -0.486 e. The van der Waals surface area contributed by atoms with Crippen molar-refractivity contribution in [3.63, 3.8) is 0 Å². The summed E-state index contributed by atoms with van der Waals surface area (Å²) in [5, 5.41) is 13.3. The van der Waals surface area contributed by atoms with Crippen LogP contribution in [0.15, 0.2) is 48.5 Å². The van der Waals surface area contributed by atoms with Crippen LogP contribution in [0.5, 0.6) is 5.75 Å². The van der Waals surface area contributed by atoms with Crippen molar-refractivity contribution in [3.8, 4) is 17.1 Å². The molecule has 0 unspecified atom stereocenters. The number of benzene rings is 2. The molecule has 2 aromatic heterocycles. The molecule has 2 aromatic carbocycles. The normalized spacial score (nSPS) is 11.1. The zero-order chi connectivity index (χ0) is 16.5. The van der Waals surface area contributed by atoms with Crippen molar-refractivity contribution in [1.82, 2.24) is 19.8 Å². The molecule has 0 radical (unpaired) electrons. The van der Waals surface area contributed by atoms with Crippen molar-refractivity contribution < 1.29 is 13.5 Å². The Hall–Kier alpha value is -2.87. The summed E-state index contributed by atoms with van der Waals surface area (Å²) >= 11 is 1.34. The fourth-order valence-corrected chi connectivity index (χ4v) is 2.92. The van der Waals surface area contributed by atoms with Gasteiger partial charge in [-0.1, -0.05) is 11.3 Å². The average molecular weight is 344 g/mol. The summed E-state index contributed by atoms with van der Waals surface area (Å²) < 4.78 is 33.1. The first-order valence-corrected chi connectivity index (χ1v) is 7.86. The highest BCUT2D eigenvalue weighted by Gasteiger charge is 2.13. The Morgan fingerprint density at radius 3 is 2.29 bits per heavy atom. The fourth-order valence-electron chi connectivity index (χ4n) is 2.17. The number of aromatic nitrogens is 4. The summed E-state index contributed by atoms with van der Waals surface area (Å²) in [7, 11) is 0. The Balaban J connectivity index is 1.57. The molecule has 0 amide bonds.